The second-order valence-electron chi connectivity index (χ2n) is 15.8. The molecular weight excluding hydrogens is 707 g/mol. The predicted octanol–water partition coefficient (Wildman–Crippen LogP) is 13.8. The summed E-state index contributed by atoms with van der Waals surface area (Å²) in [6.45, 7) is 6.29. The summed E-state index contributed by atoms with van der Waals surface area (Å²) in [5.41, 5.74) is 0. The van der Waals surface area contributed by atoms with Gasteiger partial charge in [0, 0.05) is 6.42 Å². The summed E-state index contributed by atoms with van der Waals surface area (Å²) < 4.78 is 5.88. The maximum atomic E-state index is 13.1. The number of allylic oxidation sites excluding steroid dienone is 12. The molecule has 328 valence electrons. The molecule has 0 saturated carbocycles. The number of aliphatic hydroxyl groups is 2. The van der Waals surface area contributed by atoms with E-state index in [2.05, 4.69) is 99.0 Å². The molecule has 0 aliphatic heterocycles. The van der Waals surface area contributed by atoms with E-state index >= 15 is 0 Å². The Morgan fingerprint density at radius 3 is 1.53 bits per heavy atom. The zero-order valence-corrected chi connectivity index (χ0v) is 37.2. The number of esters is 1. The Hall–Kier alpha value is -2.70. The van der Waals surface area contributed by atoms with Gasteiger partial charge in [-0.15, -0.1) is 0 Å². The van der Waals surface area contributed by atoms with Gasteiger partial charge < -0.3 is 20.3 Å². The fraction of sp³-hybridized carbons (Fsp3) is 0.725. The average molecular weight is 796 g/mol. The molecule has 3 N–H and O–H groups in total. The molecule has 0 aromatic heterocycles. The van der Waals surface area contributed by atoms with E-state index in [0.717, 1.165) is 89.9 Å². The highest BCUT2D eigenvalue weighted by Gasteiger charge is 2.24. The molecule has 0 aromatic rings. The van der Waals surface area contributed by atoms with Crippen LogP contribution in [0.2, 0.25) is 0 Å². The van der Waals surface area contributed by atoms with Crippen LogP contribution in [0.5, 0.6) is 0 Å². The Morgan fingerprint density at radius 2 is 0.965 bits per heavy atom. The lowest BCUT2D eigenvalue weighted by molar-refractivity contribution is -0.151. The number of carbonyl (C=O) groups excluding carboxylic acids is 2. The molecule has 0 radical (unpaired) electrons. The van der Waals surface area contributed by atoms with Gasteiger partial charge in [0.25, 0.3) is 0 Å². The van der Waals surface area contributed by atoms with Crippen LogP contribution >= 0.6 is 0 Å². The third kappa shape index (κ3) is 39.9. The van der Waals surface area contributed by atoms with Crippen molar-refractivity contribution in [1.82, 2.24) is 5.32 Å². The van der Waals surface area contributed by atoms with E-state index in [1.54, 1.807) is 0 Å². The van der Waals surface area contributed by atoms with E-state index in [1.165, 1.54) is 77.0 Å². The Bertz CT molecular complexity index is 1070. The summed E-state index contributed by atoms with van der Waals surface area (Å²) in [7, 11) is 0. The standard InChI is InChI=1S/C51H89NO5/c1-4-7-10-13-16-19-21-23-24-25-26-27-28-31-33-36-39-42-47(57-51(56)44-41-38-35-32-29-22-20-17-14-11-8-5-2)45-50(55)52-48(46-53)49(54)43-40-37-34-30-18-15-12-9-6-3/h7,10,16-17,19-20,23-24,26-27,31,33,47-49,53-54H,4-6,8-9,11-15,18,21-22,25,28-30,32,34-46H2,1-3H3,(H,52,55)/b10-7-,19-16-,20-17-,24-23-,27-26-,33-31-. The molecule has 3 atom stereocenters. The Morgan fingerprint density at radius 1 is 0.526 bits per heavy atom. The molecule has 0 heterocycles. The molecule has 3 unspecified atom stereocenters. The Kier molecular flexibility index (Phi) is 42.3. The van der Waals surface area contributed by atoms with Gasteiger partial charge in [-0.1, -0.05) is 184 Å². The smallest absolute Gasteiger partial charge is 0.306 e. The minimum absolute atomic E-state index is 0.0324. The molecule has 0 saturated heterocycles. The van der Waals surface area contributed by atoms with Crippen molar-refractivity contribution >= 4 is 11.9 Å². The topological polar surface area (TPSA) is 95.9 Å². The maximum Gasteiger partial charge on any atom is 0.306 e. The van der Waals surface area contributed by atoms with E-state index in [1.807, 2.05) is 0 Å². The number of carbonyl (C=O) groups is 2. The zero-order valence-electron chi connectivity index (χ0n) is 37.2. The lowest BCUT2D eigenvalue weighted by atomic mass is 10.0. The van der Waals surface area contributed by atoms with Gasteiger partial charge in [0.05, 0.1) is 25.2 Å². The third-order valence-corrected chi connectivity index (χ3v) is 10.3. The first-order chi connectivity index (χ1) is 28.0. The van der Waals surface area contributed by atoms with Gasteiger partial charge in [-0.3, -0.25) is 9.59 Å². The number of hydrogen-bond donors (Lipinski definition) is 3. The minimum Gasteiger partial charge on any atom is -0.462 e. The Balaban J connectivity index is 4.75. The van der Waals surface area contributed by atoms with E-state index in [9.17, 15) is 19.8 Å². The van der Waals surface area contributed by atoms with Crippen LogP contribution in [0.3, 0.4) is 0 Å². The largest absolute Gasteiger partial charge is 0.462 e. The second kappa shape index (κ2) is 44.4. The monoisotopic (exact) mass is 796 g/mol. The maximum absolute atomic E-state index is 13.1. The number of nitrogens with one attached hydrogen (secondary N) is 1. The molecule has 6 heteroatoms. The molecule has 0 aromatic carbocycles. The number of amides is 1. The fourth-order valence-corrected chi connectivity index (χ4v) is 6.69. The highest BCUT2D eigenvalue weighted by atomic mass is 16.5. The number of rotatable bonds is 41. The van der Waals surface area contributed by atoms with Crippen LogP contribution < -0.4 is 5.32 Å². The highest BCUT2D eigenvalue weighted by Crippen LogP contribution is 2.16. The van der Waals surface area contributed by atoms with Gasteiger partial charge in [-0.25, -0.2) is 0 Å². The lowest BCUT2D eigenvalue weighted by Crippen LogP contribution is -2.46. The molecule has 0 aliphatic rings. The molecule has 57 heavy (non-hydrogen) atoms. The molecule has 6 nitrogen and oxygen atoms in total. The third-order valence-electron chi connectivity index (χ3n) is 10.3. The van der Waals surface area contributed by atoms with Gasteiger partial charge in [0.2, 0.25) is 5.91 Å². The summed E-state index contributed by atoms with van der Waals surface area (Å²) in [6.07, 6.45) is 55.4. The fourth-order valence-electron chi connectivity index (χ4n) is 6.69. The van der Waals surface area contributed by atoms with Crippen LogP contribution in [0, 0.1) is 0 Å². The zero-order chi connectivity index (χ0) is 41.7. The van der Waals surface area contributed by atoms with Crippen LogP contribution in [0.1, 0.15) is 213 Å². The second-order valence-corrected chi connectivity index (χ2v) is 15.8. The summed E-state index contributed by atoms with van der Waals surface area (Å²) in [6, 6.07) is -0.722. The normalized spacial score (nSPS) is 14.0. The molecule has 0 rings (SSSR count). The van der Waals surface area contributed by atoms with E-state index in [-0.39, 0.29) is 24.9 Å². The van der Waals surface area contributed by atoms with Gasteiger partial charge >= 0.3 is 5.97 Å². The minimum atomic E-state index is -0.804. The summed E-state index contributed by atoms with van der Waals surface area (Å²) in [5.74, 6) is -0.547. The van der Waals surface area contributed by atoms with E-state index in [0.29, 0.717) is 19.3 Å². The number of ether oxygens (including phenoxy) is 1. The number of aliphatic hydroxyl groups excluding tert-OH is 2. The van der Waals surface area contributed by atoms with Crippen molar-refractivity contribution < 1.29 is 24.5 Å². The van der Waals surface area contributed by atoms with Crippen LogP contribution in [-0.4, -0.2) is 46.9 Å². The first kappa shape index (κ1) is 54.3. The van der Waals surface area contributed by atoms with Crippen molar-refractivity contribution in [3.8, 4) is 0 Å². The van der Waals surface area contributed by atoms with Crippen molar-refractivity contribution in [3.05, 3.63) is 72.9 Å². The van der Waals surface area contributed by atoms with Gasteiger partial charge in [0.1, 0.15) is 6.10 Å². The summed E-state index contributed by atoms with van der Waals surface area (Å²) in [5, 5.41) is 23.6. The van der Waals surface area contributed by atoms with Crippen molar-refractivity contribution in [2.24, 2.45) is 0 Å². The summed E-state index contributed by atoms with van der Waals surface area (Å²) in [4.78, 5) is 26.0. The van der Waals surface area contributed by atoms with Gasteiger partial charge in [-0.2, -0.15) is 0 Å². The Labute approximate surface area is 351 Å². The van der Waals surface area contributed by atoms with Gasteiger partial charge in [-0.05, 0) is 89.9 Å². The van der Waals surface area contributed by atoms with Crippen LogP contribution in [0.4, 0.5) is 0 Å². The van der Waals surface area contributed by atoms with E-state index in [4.69, 9.17) is 4.74 Å². The van der Waals surface area contributed by atoms with Crippen molar-refractivity contribution in [2.45, 2.75) is 232 Å². The molecule has 0 spiro atoms. The molecular formula is C51H89NO5. The van der Waals surface area contributed by atoms with Crippen LogP contribution in [0.25, 0.3) is 0 Å². The number of unbranched alkanes of at least 4 members (excludes halogenated alkanes) is 17. The predicted molar refractivity (Wildman–Crippen MR) is 245 cm³/mol. The summed E-state index contributed by atoms with van der Waals surface area (Å²) >= 11 is 0. The molecule has 1 amide bonds. The lowest BCUT2D eigenvalue weighted by Gasteiger charge is -2.24. The number of hydrogen-bond acceptors (Lipinski definition) is 5. The molecule has 0 bridgehead atoms. The quantitative estimate of drug-likeness (QED) is 0.0325. The average Bonchev–Trinajstić information content (AvgIpc) is 3.20. The van der Waals surface area contributed by atoms with Gasteiger partial charge in [0.15, 0.2) is 0 Å². The van der Waals surface area contributed by atoms with Crippen molar-refractivity contribution in [3.63, 3.8) is 0 Å². The first-order valence-corrected chi connectivity index (χ1v) is 23.7. The molecule has 0 fully saturated rings. The van der Waals surface area contributed by atoms with Crippen molar-refractivity contribution in [2.75, 3.05) is 6.61 Å². The highest BCUT2D eigenvalue weighted by molar-refractivity contribution is 5.77. The molecule has 0 aliphatic carbocycles. The van der Waals surface area contributed by atoms with Crippen LogP contribution in [0.15, 0.2) is 72.9 Å². The van der Waals surface area contributed by atoms with E-state index < -0.39 is 18.2 Å². The van der Waals surface area contributed by atoms with Crippen LogP contribution in [-0.2, 0) is 14.3 Å². The van der Waals surface area contributed by atoms with Crippen molar-refractivity contribution in [1.29, 1.82) is 0 Å². The SMILES string of the molecule is CC/C=C\C/C=C\C/C=C\C/C=C\C/C=C\CCCC(CC(=O)NC(CO)C(O)CCCCCCCCCCC)OC(=O)CCCCCCC/C=C\CCCCC. The first-order valence-electron chi connectivity index (χ1n) is 23.7.